The molecule has 0 radical (unpaired) electrons. The topological polar surface area (TPSA) is 82.8 Å². The van der Waals surface area contributed by atoms with Gasteiger partial charge in [0.2, 0.25) is 0 Å². The fourth-order valence-corrected chi connectivity index (χ4v) is 2.11. The summed E-state index contributed by atoms with van der Waals surface area (Å²) < 4.78 is 6.52. The fraction of sp³-hybridized carbons (Fsp3) is 0.188. The van der Waals surface area contributed by atoms with Crippen LogP contribution in [0, 0.1) is 0 Å². The summed E-state index contributed by atoms with van der Waals surface area (Å²) in [7, 11) is 0. The fourth-order valence-electron chi connectivity index (χ4n) is 2.11. The van der Waals surface area contributed by atoms with Crippen LogP contribution in [0.2, 0.25) is 0 Å². The Kier molecular flexibility index (Phi) is 4.37. The lowest BCUT2D eigenvalue weighted by Crippen LogP contribution is -2.15. The average molecular weight is 309 g/mol. The van der Waals surface area contributed by atoms with Crippen molar-refractivity contribution < 1.29 is 9.53 Å². The summed E-state index contributed by atoms with van der Waals surface area (Å²) >= 11 is 0. The molecule has 0 aromatic carbocycles. The molecule has 23 heavy (non-hydrogen) atoms. The highest BCUT2D eigenvalue weighted by Crippen LogP contribution is 2.21. The lowest BCUT2D eigenvalue weighted by Gasteiger charge is -2.05. The Balaban J connectivity index is 2.02. The number of ether oxygens (including phenoxy) is 1. The molecular formula is C16H15N5O2. The molecule has 3 aromatic heterocycles. The van der Waals surface area contributed by atoms with Gasteiger partial charge in [-0.3, -0.25) is 14.8 Å². The second-order valence-corrected chi connectivity index (χ2v) is 4.71. The molecule has 0 aliphatic carbocycles. The number of aromatic nitrogens is 5. The highest BCUT2D eigenvalue weighted by Gasteiger charge is 2.16. The number of carbonyl (C=O) groups excluding carboxylic acids is 1. The predicted octanol–water partition coefficient (Wildman–Crippen LogP) is 1.97. The largest absolute Gasteiger partial charge is 0.465 e. The summed E-state index contributed by atoms with van der Waals surface area (Å²) in [6.07, 6.45) is 6.72. The van der Waals surface area contributed by atoms with Crippen LogP contribution in [-0.2, 0) is 16.1 Å². The van der Waals surface area contributed by atoms with Gasteiger partial charge in [0.25, 0.3) is 0 Å². The number of esters is 1. The Morgan fingerprint density at radius 3 is 2.43 bits per heavy atom. The van der Waals surface area contributed by atoms with E-state index in [0.29, 0.717) is 18.3 Å². The minimum absolute atomic E-state index is 0.00860. The number of nitrogens with zero attached hydrogens (tertiary/aromatic N) is 5. The first-order valence-corrected chi connectivity index (χ1v) is 7.19. The van der Waals surface area contributed by atoms with Gasteiger partial charge in [-0.1, -0.05) is 0 Å². The van der Waals surface area contributed by atoms with Crippen LogP contribution in [0.5, 0.6) is 0 Å². The average Bonchev–Trinajstić information content (AvgIpc) is 3.00. The quantitative estimate of drug-likeness (QED) is 0.670. The van der Waals surface area contributed by atoms with E-state index in [2.05, 4.69) is 20.1 Å². The van der Waals surface area contributed by atoms with Crippen molar-refractivity contribution in [2.45, 2.75) is 13.5 Å². The Morgan fingerprint density at radius 2 is 1.83 bits per heavy atom. The van der Waals surface area contributed by atoms with E-state index in [1.165, 1.54) is 4.68 Å². The van der Waals surface area contributed by atoms with Crippen LogP contribution in [0.3, 0.4) is 0 Å². The summed E-state index contributed by atoms with van der Waals surface area (Å²) in [5.41, 5.74) is 1.56. The van der Waals surface area contributed by atoms with Crippen molar-refractivity contribution in [2.75, 3.05) is 6.61 Å². The van der Waals surface area contributed by atoms with Crippen molar-refractivity contribution in [1.82, 2.24) is 24.7 Å². The number of hydrogen-bond acceptors (Lipinski definition) is 6. The van der Waals surface area contributed by atoms with Gasteiger partial charge in [-0.2, -0.15) is 0 Å². The molecule has 7 nitrogen and oxygen atoms in total. The number of carbonyl (C=O) groups is 1. The zero-order valence-corrected chi connectivity index (χ0v) is 12.6. The zero-order chi connectivity index (χ0) is 16.1. The number of pyridine rings is 2. The van der Waals surface area contributed by atoms with Crippen LogP contribution >= 0.6 is 0 Å². The minimum atomic E-state index is -0.361. The number of hydrogen-bond donors (Lipinski definition) is 0. The molecule has 3 rings (SSSR count). The second kappa shape index (κ2) is 6.78. The first kappa shape index (κ1) is 14.8. The molecule has 0 bridgehead atoms. The first-order chi connectivity index (χ1) is 11.3. The van der Waals surface area contributed by atoms with Crippen LogP contribution < -0.4 is 0 Å². The maximum Gasteiger partial charge on any atom is 0.327 e. The first-order valence-electron chi connectivity index (χ1n) is 7.19. The Labute approximate surface area is 133 Å². The molecule has 0 fully saturated rings. The summed E-state index contributed by atoms with van der Waals surface area (Å²) in [5.74, 6) is 0.700. The highest BCUT2D eigenvalue weighted by atomic mass is 16.5. The van der Waals surface area contributed by atoms with Crippen molar-refractivity contribution in [3.63, 3.8) is 0 Å². The molecule has 0 N–H and O–H groups in total. The standard InChI is InChI=1S/C16H15N5O2/c1-2-23-14(22)11-21-16(13-6-4-8-18-10-13)19-15(20-21)12-5-3-7-17-9-12/h3-10H,2,11H2,1H3. The van der Waals surface area contributed by atoms with E-state index in [0.717, 1.165) is 11.1 Å². The van der Waals surface area contributed by atoms with Crippen molar-refractivity contribution in [3.8, 4) is 22.8 Å². The molecule has 7 heteroatoms. The SMILES string of the molecule is CCOC(=O)Cn1nc(-c2cccnc2)nc1-c1cccnc1. The molecule has 0 saturated heterocycles. The van der Waals surface area contributed by atoms with E-state index < -0.39 is 0 Å². The van der Waals surface area contributed by atoms with E-state index in [1.807, 2.05) is 24.3 Å². The third-order valence-electron chi connectivity index (χ3n) is 3.10. The summed E-state index contributed by atoms with van der Waals surface area (Å²) in [4.78, 5) is 24.5. The van der Waals surface area contributed by atoms with E-state index in [-0.39, 0.29) is 12.5 Å². The van der Waals surface area contributed by atoms with E-state index in [4.69, 9.17) is 4.74 Å². The molecule has 116 valence electrons. The number of rotatable bonds is 5. The van der Waals surface area contributed by atoms with Gasteiger partial charge in [0.05, 0.1) is 6.61 Å². The normalized spacial score (nSPS) is 10.5. The predicted molar refractivity (Wildman–Crippen MR) is 83.1 cm³/mol. The van der Waals surface area contributed by atoms with E-state index >= 15 is 0 Å². The van der Waals surface area contributed by atoms with Crippen molar-refractivity contribution in [2.24, 2.45) is 0 Å². The van der Waals surface area contributed by atoms with Gasteiger partial charge in [0.15, 0.2) is 11.6 Å². The maximum atomic E-state index is 11.8. The third-order valence-corrected chi connectivity index (χ3v) is 3.10. The lowest BCUT2D eigenvalue weighted by molar-refractivity contribution is -0.144. The van der Waals surface area contributed by atoms with Crippen LogP contribution in [-0.4, -0.2) is 37.3 Å². The van der Waals surface area contributed by atoms with Gasteiger partial charge in [-0.05, 0) is 31.2 Å². The van der Waals surface area contributed by atoms with Gasteiger partial charge < -0.3 is 4.74 Å². The Hall–Kier alpha value is -3.09. The van der Waals surface area contributed by atoms with E-state index in [9.17, 15) is 4.79 Å². The third kappa shape index (κ3) is 3.39. The van der Waals surface area contributed by atoms with Crippen molar-refractivity contribution in [1.29, 1.82) is 0 Å². The van der Waals surface area contributed by atoms with Gasteiger partial charge in [-0.25, -0.2) is 9.67 Å². The van der Waals surface area contributed by atoms with Gasteiger partial charge in [0.1, 0.15) is 6.54 Å². The van der Waals surface area contributed by atoms with Crippen LogP contribution in [0.25, 0.3) is 22.8 Å². The van der Waals surface area contributed by atoms with Crippen molar-refractivity contribution in [3.05, 3.63) is 49.1 Å². The molecule has 0 aliphatic rings. The second-order valence-electron chi connectivity index (χ2n) is 4.71. The van der Waals surface area contributed by atoms with Crippen LogP contribution in [0.15, 0.2) is 49.1 Å². The van der Waals surface area contributed by atoms with Crippen LogP contribution in [0.4, 0.5) is 0 Å². The molecule has 0 amide bonds. The highest BCUT2D eigenvalue weighted by molar-refractivity contribution is 5.70. The van der Waals surface area contributed by atoms with Gasteiger partial charge >= 0.3 is 5.97 Å². The molecule has 3 heterocycles. The molecule has 0 saturated carbocycles. The van der Waals surface area contributed by atoms with Gasteiger partial charge in [-0.15, -0.1) is 5.10 Å². The van der Waals surface area contributed by atoms with Crippen molar-refractivity contribution >= 4 is 5.97 Å². The Bertz CT molecular complexity index is 787. The van der Waals surface area contributed by atoms with E-state index in [1.54, 1.807) is 31.7 Å². The molecule has 0 spiro atoms. The summed E-state index contributed by atoms with van der Waals surface area (Å²) in [5, 5.41) is 4.42. The maximum absolute atomic E-state index is 11.8. The minimum Gasteiger partial charge on any atom is -0.465 e. The Morgan fingerprint density at radius 1 is 1.13 bits per heavy atom. The van der Waals surface area contributed by atoms with Gasteiger partial charge in [0, 0.05) is 35.9 Å². The molecule has 0 aliphatic heterocycles. The zero-order valence-electron chi connectivity index (χ0n) is 12.6. The molecule has 0 unspecified atom stereocenters. The molecular weight excluding hydrogens is 294 g/mol. The van der Waals surface area contributed by atoms with Crippen LogP contribution in [0.1, 0.15) is 6.92 Å². The lowest BCUT2D eigenvalue weighted by atomic mass is 10.2. The smallest absolute Gasteiger partial charge is 0.327 e. The molecule has 3 aromatic rings. The summed E-state index contributed by atoms with van der Waals surface area (Å²) in [6, 6.07) is 7.35. The molecule has 0 atom stereocenters. The monoisotopic (exact) mass is 309 g/mol. The summed E-state index contributed by atoms with van der Waals surface area (Å²) in [6.45, 7) is 2.08.